The fraction of sp³-hybridized carbons (Fsp3) is 0.900. The summed E-state index contributed by atoms with van der Waals surface area (Å²) in [4.78, 5) is 11.3. The van der Waals surface area contributed by atoms with Crippen molar-refractivity contribution in [2.45, 2.75) is 52.7 Å². The lowest BCUT2D eigenvalue weighted by Crippen LogP contribution is -2.32. The molecule has 0 N–H and O–H groups in total. The maximum atomic E-state index is 11.5. The summed E-state index contributed by atoms with van der Waals surface area (Å²) in [7, 11) is -3.82. The summed E-state index contributed by atoms with van der Waals surface area (Å²) in [6, 6.07) is 0. The molecule has 0 saturated heterocycles. The number of carbonyl (C=O) groups is 1. The van der Waals surface area contributed by atoms with Crippen molar-refractivity contribution in [3.05, 3.63) is 0 Å². The van der Waals surface area contributed by atoms with Crippen molar-refractivity contribution in [3.8, 4) is 0 Å². The minimum Gasteiger partial charge on any atom is -0.345 e. The van der Waals surface area contributed by atoms with Crippen LogP contribution in [0.1, 0.15) is 48.0 Å². The molecule has 15 heavy (non-hydrogen) atoms. The van der Waals surface area contributed by atoms with E-state index in [0.717, 1.165) is 0 Å². The van der Waals surface area contributed by atoms with Gasteiger partial charge in [0.2, 0.25) is 0 Å². The molecular formula is C10H20O4S. The molecule has 0 aromatic heterocycles. The third kappa shape index (κ3) is 5.16. The third-order valence-electron chi connectivity index (χ3n) is 1.63. The highest BCUT2D eigenvalue weighted by Crippen LogP contribution is 2.22. The zero-order valence-corrected chi connectivity index (χ0v) is 11.1. The molecule has 0 fully saturated rings. The van der Waals surface area contributed by atoms with Gasteiger partial charge >= 0.3 is 16.1 Å². The van der Waals surface area contributed by atoms with Crippen LogP contribution in [0.25, 0.3) is 0 Å². The van der Waals surface area contributed by atoms with Crippen molar-refractivity contribution in [1.82, 2.24) is 0 Å². The number of carbonyl (C=O) groups excluding carboxylic acids is 1. The minimum absolute atomic E-state index is 0.0856. The van der Waals surface area contributed by atoms with Crippen LogP contribution in [0.4, 0.5) is 0 Å². The average Bonchev–Trinajstić information content (AvgIpc) is 1.75. The van der Waals surface area contributed by atoms with Crippen molar-refractivity contribution in [2.75, 3.05) is 0 Å². The zero-order chi connectivity index (χ0) is 12.5. The van der Waals surface area contributed by atoms with E-state index in [9.17, 15) is 13.2 Å². The van der Waals surface area contributed by atoms with E-state index in [1.165, 1.54) is 20.8 Å². The van der Waals surface area contributed by atoms with Gasteiger partial charge in [-0.2, -0.15) is 8.42 Å². The standard InChI is InChI=1S/C10H20O4S/c1-9(2,3)7-8(11)14-15(12,13)10(4,5)6/h7H2,1-6H3. The van der Waals surface area contributed by atoms with Crippen LogP contribution >= 0.6 is 0 Å². The van der Waals surface area contributed by atoms with E-state index < -0.39 is 20.8 Å². The van der Waals surface area contributed by atoms with Crippen LogP contribution in [0.3, 0.4) is 0 Å². The molecule has 0 spiro atoms. The highest BCUT2D eigenvalue weighted by Gasteiger charge is 2.33. The molecule has 0 bridgehead atoms. The van der Waals surface area contributed by atoms with E-state index in [4.69, 9.17) is 0 Å². The summed E-state index contributed by atoms with van der Waals surface area (Å²) in [6.45, 7) is 10.0. The first kappa shape index (κ1) is 14.4. The lowest BCUT2D eigenvalue weighted by Gasteiger charge is -2.21. The molecule has 0 atom stereocenters. The summed E-state index contributed by atoms with van der Waals surface area (Å²) < 4.78 is 26.5. The Balaban J connectivity index is 4.58. The van der Waals surface area contributed by atoms with E-state index in [1.807, 2.05) is 20.8 Å². The molecule has 0 radical (unpaired) electrons. The van der Waals surface area contributed by atoms with Gasteiger partial charge in [-0.25, -0.2) is 0 Å². The fourth-order valence-electron chi connectivity index (χ4n) is 0.710. The summed E-state index contributed by atoms with van der Waals surface area (Å²) >= 11 is 0. The van der Waals surface area contributed by atoms with Gasteiger partial charge in [-0.05, 0) is 26.2 Å². The Morgan fingerprint density at radius 3 is 1.73 bits per heavy atom. The molecule has 0 aromatic carbocycles. The molecule has 0 aromatic rings. The normalized spacial score (nSPS) is 13.7. The predicted octanol–water partition coefficient (Wildman–Crippen LogP) is 2.09. The molecule has 0 heterocycles. The van der Waals surface area contributed by atoms with Crippen molar-refractivity contribution >= 4 is 16.1 Å². The smallest absolute Gasteiger partial charge is 0.322 e. The first-order chi connectivity index (χ1) is 6.35. The Morgan fingerprint density at radius 2 is 1.47 bits per heavy atom. The van der Waals surface area contributed by atoms with Gasteiger partial charge in [-0.3, -0.25) is 4.79 Å². The van der Waals surface area contributed by atoms with E-state index in [2.05, 4.69) is 4.18 Å². The zero-order valence-electron chi connectivity index (χ0n) is 10.2. The molecule has 0 amide bonds. The first-order valence-electron chi connectivity index (χ1n) is 4.82. The molecular weight excluding hydrogens is 216 g/mol. The van der Waals surface area contributed by atoms with Crippen molar-refractivity contribution < 1.29 is 17.4 Å². The second-order valence-corrected chi connectivity index (χ2v) is 8.06. The predicted molar refractivity (Wildman–Crippen MR) is 58.8 cm³/mol. The van der Waals surface area contributed by atoms with E-state index in [1.54, 1.807) is 0 Å². The number of hydrogen-bond acceptors (Lipinski definition) is 4. The Labute approximate surface area is 92.1 Å². The maximum Gasteiger partial charge on any atom is 0.322 e. The van der Waals surface area contributed by atoms with Crippen LogP contribution in [0.2, 0.25) is 0 Å². The summed E-state index contributed by atoms with van der Waals surface area (Å²) in [6.07, 6.45) is 0.0856. The van der Waals surface area contributed by atoms with E-state index >= 15 is 0 Å². The largest absolute Gasteiger partial charge is 0.345 e. The second-order valence-electron chi connectivity index (χ2n) is 5.76. The van der Waals surface area contributed by atoms with Crippen LogP contribution in [0.15, 0.2) is 0 Å². The Bertz CT molecular complexity index is 327. The first-order valence-corrected chi connectivity index (χ1v) is 6.23. The van der Waals surface area contributed by atoms with Gasteiger partial charge in [-0.15, -0.1) is 0 Å². The lowest BCUT2D eigenvalue weighted by molar-refractivity contribution is -0.135. The van der Waals surface area contributed by atoms with Gasteiger partial charge in [0.1, 0.15) is 0 Å². The third-order valence-corrected chi connectivity index (χ3v) is 3.53. The van der Waals surface area contributed by atoms with Gasteiger partial charge in [0.15, 0.2) is 0 Å². The van der Waals surface area contributed by atoms with E-state index in [-0.39, 0.29) is 11.8 Å². The van der Waals surface area contributed by atoms with Crippen LogP contribution in [-0.2, 0) is 19.1 Å². The summed E-state index contributed by atoms with van der Waals surface area (Å²) in [5.41, 5.74) is -0.273. The lowest BCUT2D eigenvalue weighted by atomic mass is 9.93. The molecule has 0 aliphatic heterocycles. The number of rotatable bonds is 2. The minimum atomic E-state index is -3.82. The molecule has 5 heteroatoms. The van der Waals surface area contributed by atoms with Gasteiger partial charge < -0.3 is 4.18 Å². The van der Waals surface area contributed by atoms with Crippen molar-refractivity contribution in [2.24, 2.45) is 5.41 Å². The monoisotopic (exact) mass is 236 g/mol. The maximum absolute atomic E-state index is 11.5. The average molecular weight is 236 g/mol. The molecule has 0 aliphatic rings. The molecule has 0 saturated carbocycles. The Kier molecular flexibility index (Phi) is 3.96. The Hall–Kier alpha value is -0.580. The fourth-order valence-corrected chi connectivity index (χ4v) is 1.26. The van der Waals surface area contributed by atoms with Crippen LogP contribution in [0, 0.1) is 5.41 Å². The van der Waals surface area contributed by atoms with Crippen LogP contribution in [-0.4, -0.2) is 19.1 Å². The molecule has 0 aliphatic carbocycles. The second kappa shape index (κ2) is 4.12. The highest BCUT2D eigenvalue weighted by molar-refractivity contribution is 7.88. The SMILES string of the molecule is CC(C)(C)CC(=O)OS(=O)(=O)C(C)(C)C. The van der Waals surface area contributed by atoms with Gasteiger partial charge in [0, 0.05) is 0 Å². The topological polar surface area (TPSA) is 60.4 Å². The van der Waals surface area contributed by atoms with Crippen molar-refractivity contribution in [3.63, 3.8) is 0 Å². The van der Waals surface area contributed by atoms with Gasteiger partial charge in [0.25, 0.3) is 0 Å². The van der Waals surface area contributed by atoms with Crippen LogP contribution in [0.5, 0.6) is 0 Å². The highest BCUT2D eigenvalue weighted by atomic mass is 32.2. The quantitative estimate of drug-likeness (QED) is 0.689. The molecule has 0 rings (SSSR count). The number of hydrogen-bond donors (Lipinski definition) is 0. The Morgan fingerprint density at radius 1 is 1.07 bits per heavy atom. The molecule has 0 unspecified atom stereocenters. The summed E-state index contributed by atoms with van der Waals surface area (Å²) in [5.74, 6) is -0.697. The van der Waals surface area contributed by atoms with Crippen LogP contribution < -0.4 is 0 Å². The molecule has 4 nitrogen and oxygen atoms in total. The summed E-state index contributed by atoms with van der Waals surface area (Å²) in [5, 5.41) is 0. The molecule has 90 valence electrons. The van der Waals surface area contributed by atoms with Gasteiger partial charge in [0.05, 0.1) is 11.2 Å². The van der Waals surface area contributed by atoms with Gasteiger partial charge in [-0.1, -0.05) is 20.8 Å². The van der Waals surface area contributed by atoms with Crippen molar-refractivity contribution in [1.29, 1.82) is 0 Å². The van der Waals surface area contributed by atoms with E-state index in [0.29, 0.717) is 0 Å².